The fraction of sp³-hybridized carbons (Fsp3) is 0.400. The van der Waals surface area contributed by atoms with Crippen molar-refractivity contribution in [1.29, 1.82) is 0 Å². The molecule has 1 amide bonds. The van der Waals surface area contributed by atoms with Crippen LogP contribution in [-0.2, 0) is 0 Å². The minimum absolute atomic E-state index is 0.0115. The van der Waals surface area contributed by atoms with Gasteiger partial charge in [-0.15, -0.1) is 11.6 Å². The summed E-state index contributed by atoms with van der Waals surface area (Å²) in [6.45, 7) is 1.86. The van der Waals surface area contributed by atoms with Gasteiger partial charge in [0.05, 0.1) is 11.8 Å². The number of rotatable bonds is 4. The second kappa shape index (κ2) is 5.56. The number of carbonyl (C=O) groups excluding carboxylic acids is 1. The van der Waals surface area contributed by atoms with Gasteiger partial charge in [-0.1, -0.05) is 0 Å². The maximum absolute atomic E-state index is 11.6. The Balaban J connectivity index is 2.65. The van der Waals surface area contributed by atoms with Crippen LogP contribution in [0, 0.1) is 0 Å². The summed E-state index contributed by atoms with van der Waals surface area (Å²) in [6, 6.07) is 1.46. The van der Waals surface area contributed by atoms with Gasteiger partial charge in [0, 0.05) is 18.1 Å². The fourth-order valence-electron chi connectivity index (χ4n) is 1.12. The molecule has 4 nitrogen and oxygen atoms in total. The molecule has 0 saturated carbocycles. The predicted octanol–water partition coefficient (Wildman–Crippen LogP) is 1.53. The van der Waals surface area contributed by atoms with Crippen LogP contribution in [0.15, 0.2) is 18.5 Å². The van der Waals surface area contributed by atoms with E-state index in [1.165, 1.54) is 18.5 Å². The predicted molar refractivity (Wildman–Crippen MR) is 58.2 cm³/mol. The van der Waals surface area contributed by atoms with Gasteiger partial charge >= 0.3 is 0 Å². The van der Waals surface area contributed by atoms with Crippen LogP contribution in [0.25, 0.3) is 0 Å². The smallest absolute Gasteiger partial charge is 0.255 e. The lowest BCUT2D eigenvalue weighted by Gasteiger charge is -2.12. The van der Waals surface area contributed by atoms with Crippen molar-refractivity contribution in [2.45, 2.75) is 19.4 Å². The molecule has 0 saturated heterocycles. The van der Waals surface area contributed by atoms with Gasteiger partial charge in [0.2, 0.25) is 0 Å². The van der Waals surface area contributed by atoms with E-state index < -0.39 is 0 Å². The molecular formula is C10H13ClN2O2. The van der Waals surface area contributed by atoms with Crippen molar-refractivity contribution in [3.05, 3.63) is 24.0 Å². The SMILES string of the molecule is CC(CCCl)NC(=O)c1ccncc1O. The minimum Gasteiger partial charge on any atom is -0.505 e. The summed E-state index contributed by atoms with van der Waals surface area (Å²) in [4.78, 5) is 15.3. The summed E-state index contributed by atoms with van der Waals surface area (Å²) < 4.78 is 0. The van der Waals surface area contributed by atoms with E-state index in [-0.39, 0.29) is 23.3 Å². The Hall–Kier alpha value is -1.29. The zero-order chi connectivity index (χ0) is 11.3. The van der Waals surface area contributed by atoms with Crippen molar-refractivity contribution in [3.63, 3.8) is 0 Å². The van der Waals surface area contributed by atoms with Gasteiger partial charge in [-0.25, -0.2) is 0 Å². The molecule has 0 bridgehead atoms. The number of aromatic hydroxyl groups is 1. The lowest BCUT2D eigenvalue weighted by atomic mass is 10.2. The fourth-order valence-corrected chi connectivity index (χ4v) is 1.44. The van der Waals surface area contributed by atoms with Crippen LogP contribution in [0.2, 0.25) is 0 Å². The highest BCUT2D eigenvalue weighted by Crippen LogP contribution is 2.13. The van der Waals surface area contributed by atoms with E-state index in [0.717, 1.165) is 0 Å². The first-order valence-electron chi connectivity index (χ1n) is 4.65. The quantitative estimate of drug-likeness (QED) is 0.769. The van der Waals surface area contributed by atoms with Gasteiger partial charge < -0.3 is 10.4 Å². The van der Waals surface area contributed by atoms with Gasteiger partial charge in [-0.05, 0) is 19.4 Å². The van der Waals surface area contributed by atoms with E-state index in [4.69, 9.17) is 11.6 Å². The number of nitrogens with one attached hydrogen (secondary N) is 1. The molecule has 1 aromatic rings. The van der Waals surface area contributed by atoms with Crippen molar-refractivity contribution in [1.82, 2.24) is 10.3 Å². The summed E-state index contributed by atoms with van der Waals surface area (Å²) in [7, 11) is 0. The van der Waals surface area contributed by atoms with Crippen LogP contribution < -0.4 is 5.32 Å². The first kappa shape index (κ1) is 11.8. The highest BCUT2D eigenvalue weighted by Gasteiger charge is 2.12. The number of hydrogen-bond donors (Lipinski definition) is 2. The molecule has 2 N–H and O–H groups in total. The Bertz CT molecular complexity index is 344. The zero-order valence-electron chi connectivity index (χ0n) is 8.40. The number of hydrogen-bond acceptors (Lipinski definition) is 3. The molecule has 1 rings (SSSR count). The van der Waals surface area contributed by atoms with Crippen molar-refractivity contribution in [2.24, 2.45) is 0 Å². The third-order valence-corrected chi connectivity index (χ3v) is 2.18. The van der Waals surface area contributed by atoms with E-state index in [1.54, 1.807) is 0 Å². The monoisotopic (exact) mass is 228 g/mol. The van der Waals surface area contributed by atoms with Crippen molar-refractivity contribution in [3.8, 4) is 5.75 Å². The van der Waals surface area contributed by atoms with Crippen LogP contribution >= 0.6 is 11.6 Å². The first-order chi connectivity index (χ1) is 7.15. The number of carbonyl (C=O) groups is 1. The summed E-state index contributed by atoms with van der Waals surface area (Å²) >= 11 is 5.55. The minimum atomic E-state index is -0.312. The highest BCUT2D eigenvalue weighted by molar-refractivity contribution is 6.17. The maximum Gasteiger partial charge on any atom is 0.255 e. The molecule has 15 heavy (non-hydrogen) atoms. The number of pyridine rings is 1. The number of nitrogens with zero attached hydrogens (tertiary/aromatic N) is 1. The molecular weight excluding hydrogens is 216 g/mol. The summed E-state index contributed by atoms with van der Waals surface area (Å²) in [5, 5.41) is 12.1. The molecule has 0 spiro atoms. The maximum atomic E-state index is 11.6. The molecule has 0 fully saturated rings. The Kier molecular flexibility index (Phi) is 4.37. The van der Waals surface area contributed by atoms with E-state index >= 15 is 0 Å². The third-order valence-electron chi connectivity index (χ3n) is 1.96. The molecule has 0 aliphatic carbocycles. The number of alkyl halides is 1. The molecule has 5 heteroatoms. The van der Waals surface area contributed by atoms with Crippen molar-refractivity contribution >= 4 is 17.5 Å². The van der Waals surface area contributed by atoms with Gasteiger partial charge in [0.1, 0.15) is 5.75 Å². The van der Waals surface area contributed by atoms with Crippen LogP contribution in [-0.4, -0.2) is 27.9 Å². The van der Waals surface area contributed by atoms with E-state index in [0.29, 0.717) is 12.3 Å². The van der Waals surface area contributed by atoms with Gasteiger partial charge in [-0.3, -0.25) is 9.78 Å². The third kappa shape index (κ3) is 3.40. The molecule has 0 aliphatic rings. The molecule has 0 radical (unpaired) electrons. The second-order valence-electron chi connectivity index (χ2n) is 3.24. The standard InChI is InChI=1S/C10H13ClN2O2/c1-7(2-4-11)13-10(15)8-3-5-12-6-9(8)14/h3,5-7,14H,2,4H2,1H3,(H,13,15). The topological polar surface area (TPSA) is 62.2 Å². The Morgan fingerprint density at radius 2 is 2.47 bits per heavy atom. The summed E-state index contributed by atoms with van der Waals surface area (Å²) in [5.74, 6) is 0.0598. The van der Waals surface area contributed by atoms with E-state index in [1.807, 2.05) is 6.92 Å². The average molecular weight is 229 g/mol. The van der Waals surface area contributed by atoms with Crippen LogP contribution in [0.1, 0.15) is 23.7 Å². The van der Waals surface area contributed by atoms with Gasteiger partial charge in [0.25, 0.3) is 5.91 Å². The van der Waals surface area contributed by atoms with E-state index in [2.05, 4.69) is 10.3 Å². The van der Waals surface area contributed by atoms with Gasteiger partial charge in [0.15, 0.2) is 0 Å². The summed E-state index contributed by atoms with van der Waals surface area (Å²) in [5.41, 5.74) is 0.228. The molecule has 1 atom stereocenters. The Morgan fingerprint density at radius 1 is 1.73 bits per heavy atom. The molecule has 1 heterocycles. The van der Waals surface area contributed by atoms with Crippen LogP contribution in [0.3, 0.4) is 0 Å². The Morgan fingerprint density at radius 3 is 3.07 bits per heavy atom. The lowest BCUT2D eigenvalue weighted by molar-refractivity contribution is 0.0936. The number of amides is 1. The van der Waals surface area contributed by atoms with Crippen molar-refractivity contribution < 1.29 is 9.90 Å². The zero-order valence-corrected chi connectivity index (χ0v) is 9.16. The molecule has 0 aromatic carbocycles. The van der Waals surface area contributed by atoms with E-state index in [9.17, 15) is 9.90 Å². The second-order valence-corrected chi connectivity index (χ2v) is 3.62. The molecule has 1 unspecified atom stereocenters. The first-order valence-corrected chi connectivity index (χ1v) is 5.18. The normalized spacial score (nSPS) is 12.1. The number of halogens is 1. The molecule has 0 aliphatic heterocycles. The van der Waals surface area contributed by atoms with Crippen LogP contribution in [0.5, 0.6) is 5.75 Å². The van der Waals surface area contributed by atoms with Crippen molar-refractivity contribution in [2.75, 3.05) is 5.88 Å². The summed E-state index contributed by atoms with van der Waals surface area (Å²) in [6.07, 6.45) is 3.39. The number of aromatic nitrogens is 1. The molecule has 1 aromatic heterocycles. The van der Waals surface area contributed by atoms with Crippen LogP contribution in [0.4, 0.5) is 0 Å². The molecule has 82 valence electrons. The largest absolute Gasteiger partial charge is 0.505 e. The lowest BCUT2D eigenvalue weighted by Crippen LogP contribution is -2.32. The highest BCUT2D eigenvalue weighted by atomic mass is 35.5. The Labute approximate surface area is 93.3 Å². The average Bonchev–Trinajstić information content (AvgIpc) is 2.18. The van der Waals surface area contributed by atoms with Gasteiger partial charge in [-0.2, -0.15) is 0 Å².